The molecule has 0 fully saturated rings. The number of hydrogen-bond donors (Lipinski definition) is 1. The number of rotatable bonds is 3. The maximum Gasteiger partial charge on any atom is 0.126 e. The lowest BCUT2D eigenvalue weighted by Crippen LogP contribution is -2.19. The maximum atomic E-state index is 13.6. The van der Waals surface area contributed by atoms with Crippen molar-refractivity contribution >= 4 is 0 Å². The van der Waals surface area contributed by atoms with Gasteiger partial charge in [-0.2, -0.15) is 5.10 Å². The molecule has 0 aliphatic heterocycles. The number of aryl methyl sites for hydroxylation is 1. The normalized spacial score (nSPS) is 13.0. The van der Waals surface area contributed by atoms with Crippen LogP contribution in [0.2, 0.25) is 0 Å². The summed E-state index contributed by atoms with van der Waals surface area (Å²) in [5.74, 6) is -0.224. The molecule has 96 valence electrons. The number of halogens is 1. The minimum atomic E-state index is -0.356. The molecule has 2 aromatic rings. The highest BCUT2D eigenvalue weighted by atomic mass is 19.1. The summed E-state index contributed by atoms with van der Waals surface area (Å²) in [5.41, 5.74) is 8.48. The first-order chi connectivity index (χ1) is 8.50. The summed E-state index contributed by atoms with van der Waals surface area (Å²) >= 11 is 0. The van der Waals surface area contributed by atoms with Crippen molar-refractivity contribution in [2.45, 2.75) is 32.9 Å². The van der Waals surface area contributed by atoms with Gasteiger partial charge in [-0.05, 0) is 44.0 Å². The van der Waals surface area contributed by atoms with E-state index in [1.54, 1.807) is 19.2 Å². The number of benzene rings is 1. The molecule has 1 heterocycles. The molecule has 1 atom stereocenters. The highest BCUT2D eigenvalue weighted by Gasteiger charge is 2.16. The Kier molecular flexibility index (Phi) is 3.48. The van der Waals surface area contributed by atoms with Gasteiger partial charge in [0.05, 0.1) is 11.7 Å². The first-order valence-electron chi connectivity index (χ1n) is 6.05. The molecule has 2 rings (SSSR count). The molecule has 0 radical (unpaired) electrons. The van der Waals surface area contributed by atoms with E-state index in [4.69, 9.17) is 5.73 Å². The van der Waals surface area contributed by atoms with Crippen LogP contribution in [0.1, 0.15) is 42.8 Å². The lowest BCUT2D eigenvalue weighted by Gasteiger charge is -2.17. The summed E-state index contributed by atoms with van der Waals surface area (Å²) in [6, 6.07) is 6.86. The monoisotopic (exact) mass is 247 g/mol. The summed E-state index contributed by atoms with van der Waals surface area (Å²) < 4.78 is 15.4. The van der Waals surface area contributed by atoms with E-state index in [-0.39, 0.29) is 17.9 Å². The third kappa shape index (κ3) is 2.29. The molecule has 0 amide bonds. The third-order valence-electron chi connectivity index (χ3n) is 3.06. The van der Waals surface area contributed by atoms with Crippen molar-refractivity contribution in [2.24, 2.45) is 5.73 Å². The lowest BCUT2D eigenvalue weighted by atomic mass is 10.0. The zero-order valence-electron chi connectivity index (χ0n) is 10.9. The first kappa shape index (κ1) is 12.8. The Morgan fingerprint density at radius 3 is 2.61 bits per heavy atom. The highest BCUT2D eigenvalue weighted by Crippen LogP contribution is 2.23. The zero-order chi connectivity index (χ0) is 13.3. The number of nitrogens with zero attached hydrogens (tertiary/aromatic N) is 2. The van der Waals surface area contributed by atoms with Crippen LogP contribution in [0.15, 0.2) is 30.5 Å². The minimum Gasteiger partial charge on any atom is -0.319 e. The maximum absolute atomic E-state index is 13.6. The summed E-state index contributed by atoms with van der Waals surface area (Å²) in [6.07, 6.45) is 1.72. The van der Waals surface area contributed by atoms with Gasteiger partial charge in [0.15, 0.2) is 0 Å². The summed E-state index contributed by atoms with van der Waals surface area (Å²) in [7, 11) is 0. The van der Waals surface area contributed by atoms with Gasteiger partial charge in [0.1, 0.15) is 5.82 Å². The second-order valence-corrected chi connectivity index (χ2v) is 4.78. The molecule has 3 nitrogen and oxygen atoms in total. The third-order valence-corrected chi connectivity index (χ3v) is 3.06. The van der Waals surface area contributed by atoms with Crippen molar-refractivity contribution in [3.8, 4) is 0 Å². The van der Waals surface area contributed by atoms with Gasteiger partial charge in [0, 0.05) is 12.2 Å². The van der Waals surface area contributed by atoms with Crippen LogP contribution in [0, 0.1) is 12.7 Å². The summed E-state index contributed by atoms with van der Waals surface area (Å²) in [5, 5.41) is 4.25. The molecule has 0 aliphatic carbocycles. The number of nitrogens with two attached hydrogens (primary N) is 1. The van der Waals surface area contributed by atoms with E-state index in [9.17, 15) is 4.39 Å². The summed E-state index contributed by atoms with van der Waals surface area (Å²) in [4.78, 5) is 0. The van der Waals surface area contributed by atoms with Crippen LogP contribution in [-0.4, -0.2) is 9.78 Å². The Hall–Kier alpha value is -1.68. The quantitative estimate of drug-likeness (QED) is 0.906. The van der Waals surface area contributed by atoms with E-state index >= 15 is 0 Å². The fraction of sp³-hybridized carbons (Fsp3) is 0.357. The van der Waals surface area contributed by atoms with Gasteiger partial charge in [-0.3, -0.25) is 4.68 Å². The van der Waals surface area contributed by atoms with Crippen LogP contribution >= 0.6 is 0 Å². The van der Waals surface area contributed by atoms with E-state index in [1.165, 1.54) is 6.07 Å². The topological polar surface area (TPSA) is 43.8 Å². The van der Waals surface area contributed by atoms with Crippen molar-refractivity contribution in [2.75, 3.05) is 0 Å². The Balaban J connectivity index is 2.38. The molecule has 0 bridgehead atoms. The molecule has 1 aromatic heterocycles. The largest absolute Gasteiger partial charge is 0.319 e. The molecule has 1 unspecified atom stereocenters. The number of hydrogen-bond acceptors (Lipinski definition) is 2. The molecule has 0 saturated heterocycles. The van der Waals surface area contributed by atoms with Crippen LogP contribution in [0.3, 0.4) is 0 Å². The molecular formula is C14H18FN3. The standard InChI is InChI=1S/C14H18FN3/c1-9(2)18-13(6-7-17-18)14(16)11-5-4-10(3)12(15)8-11/h4-9,14H,16H2,1-3H3. The fourth-order valence-electron chi connectivity index (χ4n) is 1.98. The van der Waals surface area contributed by atoms with Gasteiger partial charge in [0.2, 0.25) is 0 Å². The smallest absolute Gasteiger partial charge is 0.126 e. The average molecular weight is 247 g/mol. The lowest BCUT2D eigenvalue weighted by molar-refractivity contribution is 0.498. The van der Waals surface area contributed by atoms with Gasteiger partial charge in [0.25, 0.3) is 0 Å². The minimum absolute atomic E-state index is 0.224. The van der Waals surface area contributed by atoms with Crippen LogP contribution in [0.5, 0.6) is 0 Å². The van der Waals surface area contributed by atoms with E-state index in [0.717, 1.165) is 11.3 Å². The Bertz CT molecular complexity index is 546. The second kappa shape index (κ2) is 4.90. The molecule has 0 spiro atoms. The Labute approximate surface area is 106 Å². The molecule has 4 heteroatoms. The Morgan fingerprint density at radius 2 is 2.00 bits per heavy atom. The van der Waals surface area contributed by atoms with Crippen molar-refractivity contribution in [1.29, 1.82) is 0 Å². The SMILES string of the molecule is Cc1ccc(C(N)c2ccnn2C(C)C)cc1F. The van der Waals surface area contributed by atoms with Crippen molar-refractivity contribution in [1.82, 2.24) is 9.78 Å². The molecule has 2 N–H and O–H groups in total. The van der Waals surface area contributed by atoms with Gasteiger partial charge in [-0.1, -0.05) is 12.1 Å². The van der Waals surface area contributed by atoms with Crippen molar-refractivity contribution in [3.05, 3.63) is 53.1 Å². The van der Waals surface area contributed by atoms with Gasteiger partial charge in [-0.25, -0.2) is 4.39 Å². The van der Waals surface area contributed by atoms with Crippen LogP contribution in [-0.2, 0) is 0 Å². The van der Waals surface area contributed by atoms with Gasteiger partial charge < -0.3 is 5.73 Å². The Morgan fingerprint density at radius 1 is 1.28 bits per heavy atom. The molecular weight excluding hydrogens is 229 g/mol. The van der Waals surface area contributed by atoms with Gasteiger partial charge in [-0.15, -0.1) is 0 Å². The van der Waals surface area contributed by atoms with Crippen molar-refractivity contribution in [3.63, 3.8) is 0 Å². The van der Waals surface area contributed by atoms with Gasteiger partial charge >= 0.3 is 0 Å². The molecule has 1 aromatic carbocycles. The predicted molar refractivity (Wildman–Crippen MR) is 69.8 cm³/mol. The summed E-state index contributed by atoms with van der Waals surface area (Å²) in [6.45, 7) is 5.82. The number of aromatic nitrogens is 2. The van der Waals surface area contributed by atoms with E-state index < -0.39 is 0 Å². The first-order valence-corrected chi connectivity index (χ1v) is 6.05. The molecule has 18 heavy (non-hydrogen) atoms. The second-order valence-electron chi connectivity index (χ2n) is 4.78. The molecule has 0 aliphatic rings. The van der Waals surface area contributed by atoms with E-state index in [0.29, 0.717) is 5.56 Å². The van der Waals surface area contributed by atoms with Crippen molar-refractivity contribution < 1.29 is 4.39 Å². The van der Waals surface area contributed by atoms with Crippen LogP contribution < -0.4 is 5.73 Å². The molecule has 0 saturated carbocycles. The van der Waals surface area contributed by atoms with E-state index in [2.05, 4.69) is 5.10 Å². The van der Waals surface area contributed by atoms with E-state index in [1.807, 2.05) is 30.7 Å². The predicted octanol–water partition coefficient (Wildman–Crippen LogP) is 2.96. The fourth-order valence-corrected chi connectivity index (χ4v) is 1.98. The highest BCUT2D eigenvalue weighted by molar-refractivity contribution is 5.30. The van der Waals surface area contributed by atoms with Crippen LogP contribution in [0.25, 0.3) is 0 Å². The van der Waals surface area contributed by atoms with Crippen LogP contribution in [0.4, 0.5) is 4.39 Å². The zero-order valence-corrected chi connectivity index (χ0v) is 10.9. The average Bonchev–Trinajstić information content (AvgIpc) is 2.81.